The maximum absolute atomic E-state index is 5.85. The topological polar surface area (TPSA) is 50.7 Å². The summed E-state index contributed by atoms with van der Waals surface area (Å²) in [6, 6.07) is 8.05. The molecule has 0 amide bonds. The highest BCUT2D eigenvalue weighted by Crippen LogP contribution is 2.24. The third-order valence-corrected chi connectivity index (χ3v) is 2.86. The molecule has 1 saturated carbocycles. The summed E-state index contributed by atoms with van der Waals surface area (Å²) in [5.74, 6) is 0.597. The van der Waals surface area contributed by atoms with Crippen molar-refractivity contribution in [2.24, 2.45) is 0 Å². The Balaban J connectivity index is 1.88. The normalized spacial score (nSPS) is 14.6. The van der Waals surface area contributed by atoms with Crippen molar-refractivity contribution in [3.8, 4) is 11.3 Å². The maximum Gasteiger partial charge on any atom is 0.243 e. The third-order valence-electron chi connectivity index (χ3n) is 2.61. The van der Waals surface area contributed by atoms with Crippen molar-refractivity contribution < 1.29 is 0 Å². The summed E-state index contributed by atoms with van der Waals surface area (Å²) in [5.41, 5.74) is 1.79. The molecule has 0 aliphatic heterocycles. The minimum Gasteiger partial charge on any atom is -0.350 e. The van der Waals surface area contributed by atoms with E-state index in [9.17, 15) is 0 Å². The molecular weight excluding hydrogens is 236 g/mol. The monoisotopic (exact) mass is 246 g/mol. The minimum absolute atomic E-state index is 0.525. The predicted molar refractivity (Wildman–Crippen MR) is 66.9 cm³/mol. The Morgan fingerprint density at radius 2 is 1.94 bits per heavy atom. The first-order chi connectivity index (χ1) is 8.31. The molecule has 1 fully saturated rings. The molecule has 1 N–H and O–H groups in total. The van der Waals surface area contributed by atoms with Crippen LogP contribution in [0.15, 0.2) is 30.5 Å². The number of anilines is 1. The van der Waals surface area contributed by atoms with Gasteiger partial charge >= 0.3 is 0 Å². The van der Waals surface area contributed by atoms with E-state index >= 15 is 0 Å². The van der Waals surface area contributed by atoms with Gasteiger partial charge in [-0.1, -0.05) is 23.7 Å². The van der Waals surface area contributed by atoms with Gasteiger partial charge in [0.1, 0.15) is 0 Å². The van der Waals surface area contributed by atoms with Crippen LogP contribution in [-0.2, 0) is 0 Å². The number of hydrogen-bond acceptors (Lipinski definition) is 4. The summed E-state index contributed by atoms with van der Waals surface area (Å²) in [4.78, 5) is 4.43. The molecule has 1 aromatic carbocycles. The van der Waals surface area contributed by atoms with Gasteiger partial charge in [0, 0.05) is 16.6 Å². The molecule has 0 bridgehead atoms. The van der Waals surface area contributed by atoms with E-state index in [1.807, 2.05) is 24.3 Å². The summed E-state index contributed by atoms with van der Waals surface area (Å²) >= 11 is 5.85. The molecule has 1 aliphatic rings. The fourth-order valence-electron chi connectivity index (χ4n) is 1.53. The van der Waals surface area contributed by atoms with Crippen molar-refractivity contribution in [3.63, 3.8) is 0 Å². The molecule has 0 radical (unpaired) electrons. The Bertz CT molecular complexity index is 522. The first-order valence-corrected chi connectivity index (χ1v) is 5.91. The molecule has 3 rings (SSSR count). The summed E-state index contributed by atoms with van der Waals surface area (Å²) in [5, 5.41) is 11.9. The second kappa shape index (κ2) is 4.30. The molecule has 4 nitrogen and oxygen atoms in total. The molecule has 0 atom stereocenters. The zero-order valence-corrected chi connectivity index (χ0v) is 9.85. The third kappa shape index (κ3) is 2.53. The van der Waals surface area contributed by atoms with Gasteiger partial charge in [-0.05, 0) is 25.0 Å². The van der Waals surface area contributed by atoms with Gasteiger partial charge in [-0.25, -0.2) is 4.98 Å². The molecule has 0 unspecified atom stereocenters. The summed E-state index contributed by atoms with van der Waals surface area (Å²) in [6.45, 7) is 0. The van der Waals surface area contributed by atoms with E-state index in [0.29, 0.717) is 17.0 Å². The number of nitrogens with one attached hydrogen (secondary N) is 1. The Morgan fingerprint density at radius 1 is 1.18 bits per heavy atom. The fraction of sp³-hybridized carbons (Fsp3) is 0.250. The lowest BCUT2D eigenvalue weighted by molar-refractivity contribution is 0.948. The average molecular weight is 247 g/mol. The molecule has 5 heteroatoms. The fourth-order valence-corrected chi connectivity index (χ4v) is 1.66. The predicted octanol–water partition coefficient (Wildman–Crippen LogP) is 2.77. The first kappa shape index (κ1) is 10.5. The summed E-state index contributed by atoms with van der Waals surface area (Å²) < 4.78 is 0. The van der Waals surface area contributed by atoms with Crippen molar-refractivity contribution in [2.45, 2.75) is 18.9 Å². The number of benzene rings is 1. The Kier molecular flexibility index (Phi) is 2.65. The molecule has 86 valence electrons. The highest BCUT2D eigenvalue weighted by atomic mass is 35.5. The molecule has 1 aromatic heterocycles. The van der Waals surface area contributed by atoms with Crippen LogP contribution in [0.2, 0.25) is 5.02 Å². The van der Waals surface area contributed by atoms with Gasteiger partial charge in [0.05, 0.1) is 11.9 Å². The van der Waals surface area contributed by atoms with Crippen molar-refractivity contribution in [2.75, 3.05) is 5.32 Å². The van der Waals surface area contributed by atoms with Gasteiger partial charge in [0.25, 0.3) is 0 Å². The Hall–Kier alpha value is -1.68. The van der Waals surface area contributed by atoms with Crippen LogP contribution in [-0.4, -0.2) is 21.2 Å². The highest BCUT2D eigenvalue weighted by Gasteiger charge is 2.22. The van der Waals surface area contributed by atoms with Gasteiger partial charge in [0.2, 0.25) is 5.95 Å². The number of aromatic nitrogens is 3. The van der Waals surface area contributed by atoms with Crippen LogP contribution in [0.3, 0.4) is 0 Å². The zero-order valence-electron chi connectivity index (χ0n) is 9.10. The smallest absolute Gasteiger partial charge is 0.243 e. The van der Waals surface area contributed by atoms with E-state index in [1.54, 1.807) is 6.20 Å². The largest absolute Gasteiger partial charge is 0.350 e. The van der Waals surface area contributed by atoms with E-state index in [4.69, 9.17) is 11.6 Å². The van der Waals surface area contributed by atoms with Crippen LogP contribution in [0.25, 0.3) is 11.3 Å². The quantitative estimate of drug-likeness (QED) is 0.905. The van der Waals surface area contributed by atoms with Crippen molar-refractivity contribution >= 4 is 17.5 Å². The van der Waals surface area contributed by atoms with E-state index < -0.39 is 0 Å². The first-order valence-electron chi connectivity index (χ1n) is 5.53. The number of nitrogens with zero attached hydrogens (tertiary/aromatic N) is 3. The second-order valence-electron chi connectivity index (χ2n) is 4.09. The van der Waals surface area contributed by atoms with Gasteiger partial charge in [-0.15, -0.1) is 5.10 Å². The van der Waals surface area contributed by atoms with Gasteiger partial charge in [-0.3, -0.25) is 0 Å². The molecule has 1 heterocycles. The van der Waals surface area contributed by atoms with Gasteiger partial charge < -0.3 is 5.32 Å². The zero-order chi connectivity index (χ0) is 11.7. The standard InChI is InChI=1S/C12H11ClN4/c13-9-3-1-8(2-4-9)11-7-14-17-12(16-11)15-10-5-6-10/h1-4,7,10H,5-6H2,(H,15,16,17). The van der Waals surface area contributed by atoms with Gasteiger partial charge in [-0.2, -0.15) is 5.10 Å². The van der Waals surface area contributed by atoms with Crippen molar-refractivity contribution in [3.05, 3.63) is 35.5 Å². The van der Waals surface area contributed by atoms with E-state index in [-0.39, 0.29) is 0 Å². The number of halogens is 1. The lowest BCUT2D eigenvalue weighted by atomic mass is 10.2. The van der Waals surface area contributed by atoms with E-state index in [0.717, 1.165) is 11.3 Å². The van der Waals surface area contributed by atoms with Crippen LogP contribution in [0.1, 0.15) is 12.8 Å². The number of hydrogen-bond donors (Lipinski definition) is 1. The summed E-state index contributed by atoms with van der Waals surface area (Å²) in [6.07, 6.45) is 4.03. The van der Waals surface area contributed by atoms with Crippen LogP contribution < -0.4 is 5.32 Å². The lowest BCUT2D eigenvalue weighted by Gasteiger charge is -2.04. The minimum atomic E-state index is 0.525. The summed E-state index contributed by atoms with van der Waals surface area (Å²) in [7, 11) is 0. The Labute approximate surface area is 104 Å². The van der Waals surface area contributed by atoms with Gasteiger partial charge in [0.15, 0.2) is 0 Å². The van der Waals surface area contributed by atoms with Crippen LogP contribution in [0.5, 0.6) is 0 Å². The van der Waals surface area contributed by atoms with E-state index in [1.165, 1.54) is 12.8 Å². The van der Waals surface area contributed by atoms with Crippen molar-refractivity contribution in [1.82, 2.24) is 15.2 Å². The molecule has 2 aromatic rings. The van der Waals surface area contributed by atoms with Crippen molar-refractivity contribution in [1.29, 1.82) is 0 Å². The molecular formula is C12H11ClN4. The van der Waals surface area contributed by atoms with Crippen LogP contribution in [0, 0.1) is 0 Å². The van der Waals surface area contributed by atoms with E-state index in [2.05, 4.69) is 20.5 Å². The van der Waals surface area contributed by atoms with Crippen LogP contribution >= 0.6 is 11.6 Å². The average Bonchev–Trinajstić information content (AvgIpc) is 3.14. The number of rotatable bonds is 3. The Morgan fingerprint density at radius 3 is 2.65 bits per heavy atom. The second-order valence-corrected chi connectivity index (χ2v) is 4.53. The lowest BCUT2D eigenvalue weighted by Crippen LogP contribution is -2.06. The maximum atomic E-state index is 5.85. The molecule has 0 saturated heterocycles. The van der Waals surface area contributed by atoms with Crippen LogP contribution in [0.4, 0.5) is 5.95 Å². The SMILES string of the molecule is Clc1ccc(-c2cnnc(NC3CC3)n2)cc1. The highest BCUT2D eigenvalue weighted by molar-refractivity contribution is 6.30. The molecule has 1 aliphatic carbocycles. The molecule has 17 heavy (non-hydrogen) atoms. The molecule has 0 spiro atoms.